The SMILES string of the molecule is O=C(Nc1ccc(S(=O)(=O)Nc2ccccn2)cc1)c1ccc(F)c(F)c1. The van der Waals surface area contributed by atoms with Crippen LogP contribution in [-0.2, 0) is 10.0 Å². The molecule has 6 nitrogen and oxygen atoms in total. The zero-order valence-electron chi connectivity index (χ0n) is 13.7. The molecular formula is C18H13F2N3O3S. The molecular weight excluding hydrogens is 376 g/mol. The number of aromatic nitrogens is 1. The van der Waals surface area contributed by atoms with E-state index < -0.39 is 27.6 Å². The number of sulfonamides is 1. The summed E-state index contributed by atoms with van der Waals surface area (Å²) in [6.45, 7) is 0. The van der Waals surface area contributed by atoms with E-state index in [0.717, 1.165) is 18.2 Å². The third-order valence-corrected chi connectivity index (χ3v) is 4.88. The zero-order valence-corrected chi connectivity index (χ0v) is 14.5. The number of hydrogen-bond donors (Lipinski definition) is 2. The van der Waals surface area contributed by atoms with Crippen molar-refractivity contribution in [3.05, 3.63) is 84.1 Å². The Hall–Kier alpha value is -3.33. The van der Waals surface area contributed by atoms with Gasteiger partial charge in [0.1, 0.15) is 5.82 Å². The van der Waals surface area contributed by atoms with Gasteiger partial charge in [-0.1, -0.05) is 6.07 Å². The summed E-state index contributed by atoms with van der Waals surface area (Å²) >= 11 is 0. The van der Waals surface area contributed by atoms with Gasteiger partial charge >= 0.3 is 0 Å². The molecule has 27 heavy (non-hydrogen) atoms. The van der Waals surface area contributed by atoms with Crippen LogP contribution in [0.15, 0.2) is 71.8 Å². The Morgan fingerprint density at radius 2 is 1.67 bits per heavy atom. The lowest BCUT2D eigenvalue weighted by Crippen LogP contribution is -2.15. The summed E-state index contributed by atoms with van der Waals surface area (Å²) in [4.78, 5) is 15.9. The van der Waals surface area contributed by atoms with Gasteiger partial charge in [-0.2, -0.15) is 0 Å². The first kappa shape index (κ1) is 18.5. The van der Waals surface area contributed by atoms with E-state index in [1.54, 1.807) is 12.1 Å². The Bertz CT molecular complexity index is 1070. The maximum atomic E-state index is 13.2. The van der Waals surface area contributed by atoms with Crippen molar-refractivity contribution in [1.82, 2.24) is 4.98 Å². The topological polar surface area (TPSA) is 88.2 Å². The zero-order chi connectivity index (χ0) is 19.4. The Balaban J connectivity index is 1.73. The molecule has 3 aromatic rings. The number of pyridine rings is 1. The minimum Gasteiger partial charge on any atom is -0.322 e. The molecule has 1 heterocycles. The second kappa shape index (κ2) is 7.50. The lowest BCUT2D eigenvalue weighted by atomic mass is 10.2. The maximum Gasteiger partial charge on any atom is 0.263 e. The van der Waals surface area contributed by atoms with Crippen LogP contribution in [0.2, 0.25) is 0 Å². The van der Waals surface area contributed by atoms with Crippen molar-refractivity contribution in [2.24, 2.45) is 0 Å². The van der Waals surface area contributed by atoms with E-state index in [-0.39, 0.29) is 16.3 Å². The number of rotatable bonds is 5. The van der Waals surface area contributed by atoms with Gasteiger partial charge < -0.3 is 5.32 Å². The fourth-order valence-electron chi connectivity index (χ4n) is 2.18. The van der Waals surface area contributed by atoms with Gasteiger partial charge in [0.25, 0.3) is 15.9 Å². The Morgan fingerprint density at radius 3 is 2.30 bits per heavy atom. The Labute approximate surface area is 153 Å². The second-order valence-corrected chi connectivity index (χ2v) is 7.11. The van der Waals surface area contributed by atoms with E-state index in [4.69, 9.17) is 0 Å². The number of nitrogens with zero attached hydrogens (tertiary/aromatic N) is 1. The summed E-state index contributed by atoms with van der Waals surface area (Å²) in [7, 11) is -3.84. The number of anilines is 2. The molecule has 138 valence electrons. The fourth-order valence-corrected chi connectivity index (χ4v) is 3.19. The number of halogens is 2. The first-order valence-electron chi connectivity index (χ1n) is 7.65. The highest BCUT2D eigenvalue weighted by molar-refractivity contribution is 7.92. The molecule has 0 radical (unpaired) electrons. The third kappa shape index (κ3) is 4.45. The summed E-state index contributed by atoms with van der Waals surface area (Å²) in [6, 6.07) is 12.9. The lowest BCUT2D eigenvalue weighted by Gasteiger charge is -2.09. The van der Waals surface area contributed by atoms with Gasteiger partial charge in [-0.05, 0) is 54.6 Å². The first-order valence-corrected chi connectivity index (χ1v) is 9.14. The highest BCUT2D eigenvalue weighted by atomic mass is 32.2. The van der Waals surface area contributed by atoms with Crippen molar-refractivity contribution < 1.29 is 22.0 Å². The monoisotopic (exact) mass is 389 g/mol. The fraction of sp³-hybridized carbons (Fsp3) is 0. The van der Waals surface area contributed by atoms with Crippen molar-refractivity contribution >= 4 is 27.4 Å². The molecule has 9 heteroatoms. The van der Waals surface area contributed by atoms with Crippen molar-refractivity contribution in [3.63, 3.8) is 0 Å². The van der Waals surface area contributed by atoms with Gasteiger partial charge in [-0.15, -0.1) is 0 Å². The number of carbonyl (C=O) groups is 1. The summed E-state index contributed by atoms with van der Waals surface area (Å²) < 4.78 is 53.1. The molecule has 0 aliphatic carbocycles. The van der Waals surface area contributed by atoms with Gasteiger partial charge in [-0.25, -0.2) is 22.2 Å². The van der Waals surface area contributed by atoms with E-state index in [1.165, 1.54) is 36.5 Å². The van der Waals surface area contributed by atoms with Crippen LogP contribution in [-0.4, -0.2) is 19.3 Å². The van der Waals surface area contributed by atoms with Crippen LogP contribution in [0.3, 0.4) is 0 Å². The van der Waals surface area contributed by atoms with Crippen molar-refractivity contribution in [2.45, 2.75) is 4.90 Å². The molecule has 2 N–H and O–H groups in total. The van der Waals surface area contributed by atoms with Crippen LogP contribution in [0, 0.1) is 11.6 Å². The molecule has 0 fully saturated rings. The minimum absolute atomic E-state index is 0.0287. The lowest BCUT2D eigenvalue weighted by molar-refractivity contribution is 0.102. The van der Waals surface area contributed by atoms with E-state index in [0.29, 0.717) is 5.69 Å². The Kier molecular flexibility index (Phi) is 5.13. The van der Waals surface area contributed by atoms with Gasteiger partial charge in [0.2, 0.25) is 0 Å². The van der Waals surface area contributed by atoms with Crippen LogP contribution in [0.4, 0.5) is 20.3 Å². The summed E-state index contributed by atoms with van der Waals surface area (Å²) in [5.41, 5.74) is 0.226. The number of amides is 1. The molecule has 0 aliphatic heterocycles. The molecule has 0 spiro atoms. The van der Waals surface area contributed by atoms with Crippen LogP contribution in [0.1, 0.15) is 10.4 Å². The first-order chi connectivity index (χ1) is 12.8. The number of nitrogens with one attached hydrogen (secondary N) is 2. The van der Waals surface area contributed by atoms with Crippen molar-refractivity contribution in [2.75, 3.05) is 10.0 Å². The molecule has 0 unspecified atom stereocenters. The smallest absolute Gasteiger partial charge is 0.263 e. The Morgan fingerprint density at radius 1 is 0.926 bits per heavy atom. The van der Waals surface area contributed by atoms with Crippen LogP contribution in [0.5, 0.6) is 0 Å². The van der Waals surface area contributed by atoms with E-state index in [1.807, 2.05) is 0 Å². The quantitative estimate of drug-likeness (QED) is 0.700. The maximum absolute atomic E-state index is 13.2. The van der Waals surface area contributed by atoms with Crippen molar-refractivity contribution in [3.8, 4) is 0 Å². The molecule has 1 aromatic heterocycles. The predicted octanol–water partition coefficient (Wildman–Crippen LogP) is 3.41. The van der Waals surface area contributed by atoms with Gasteiger partial charge in [0, 0.05) is 17.4 Å². The van der Waals surface area contributed by atoms with E-state index >= 15 is 0 Å². The highest BCUT2D eigenvalue weighted by Crippen LogP contribution is 2.18. The van der Waals surface area contributed by atoms with E-state index in [9.17, 15) is 22.0 Å². The largest absolute Gasteiger partial charge is 0.322 e. The van der Waals surface area contributed by atoms with Gasteiger partial charge in [0.15, 0.2) is 11.6 Å². The van der Waals surface area contributed by atoms with Crippen molar-refractivity contribution in [1.29, 1.82) is 0 Å². The van der Waals surface area contributed by atoms with Gasteiger partial charge in [-0.3, -0.25) is 9.52 Å². The molecule has 0 bridgehead atoms. The standard InChI is InChI=1S/C18H13F2N3O3S/c19-15-9-4-12(11-16(15)20)18(24)22-13-5-7-14(8-6-13)27(25,26)23-17-3-1-2-10-21-17/h1-11H,(H,21,23)(H,22,24). The average Bonchev–Trinajstić information content (AvgIpc) is 2.65. The van der Waals surface area contributed by atoms with E-state index in [2.05, 4.69) is 15.0 Å². The van der Waals surface area contributed by atoms with Crippen LogP contribution < -0.4 is 10.0 Å². The molecule has 1 amide bonds. The molecule has 0 saturated heterocycles. The average molecular weight is 389 g/mol. The second-order valence-electron chi connectivity index (χ2n) is 5.43. The summed E-state index contributed by atoms with van der Waals surface area (Å²) in [5, 5.41) is 2.48. The molecule has 3 rings (SSSR count). The minimum atomic E-state index is -3.84. The molecule has 0 saturated carbocycles. The molecule has 0 aliphatic rings. The van der Waals surface area contributed by atoms with Crippen LogP contribution in [0.25, 0.3) is 0 Å². The summed E-state index contributed by atoms with van der Waals surface area (Å²) in [5.74, 6) is -2.67. The molecule has 0 atom stereocenters. The van der Waals surface area contributed by atoms with Gasteiger partial charge in [0.05, 0.1) is 4.90 Å². The predicted molar refractivity (Wildman–Crippen MR) is 95.8 cm³/mol. The number of benzene rings is 2. The summed E-state index contributed by atoms with van der Waals surface area (Å²) in [6.07, 6.45) is 1.45. The normalized spacial score (nSPS) is 11.0. The number of hydrogen-bond acceptors (Lipinski definition) is 4. The third-order valence-electron chi connectivity index (χ3n) is 3.51. The van der Waals surface area contributed by atoms with Crippen LogP contribution >= 0.6 is 0 Å². The highest BCUT2D eigenvalue weighted by Gasteiger charge is 2.15. The number of carbonyl (C=O) groups excluding carboxylic acids is 1. The molecule has 2 aromatic carbocycles.